The summed E-state index contributed by atoms with van der Waals surface area (Å²) in [5.74, 6) is 0. The van der Waals surface area contributed by atoms with Crippen molar-refractivity contribution in [1.82, 2.24) is 19.1 Å². The average molecular weight is 495 g/mol. The smallest absolute Gasteiger partial charge is 0.0522 e. The van der Waals surface area contributed by atoms with Crippen LogP contribution in [0.2, 0.25) is 0 Å². The molecular weight excluding hydrogens is 464 g/mol. The molecule has 0 amide bonds. The Morgan fingerprint density at radius 3 is 1.37 bits per heavy atom. The highest BCUT2D eigenvalue weighted by Gasteiger charge is 2.15. The lowest BCUT2D eigenvalue weighted by molar-refractivity contribution is 0.826. The van der Waals surface area contributed by atoms with Gasteiger partial charge in [-0.2, -0.15) is 0 Å². The standard InChI is InChI=1S/C34H30N4/c1-5-37-31-9-7-23(17-27(31)29-19-35-13-11-33(29)37)25-15-22(4)26(16-21(25)3)24-8-10-32-28(18-24)30-20-36-14-12-34(30)38(32)6-2/h7-20H,5-6H2,1-4H3. The average Bonchev–Trinajstić information content (AvgIpc) is 3.45. The Bertz CT molecular complexity index is 1880. The predicted octanol–water partition coefficient (Wildman–Crippen LogP) is 8.68. The fraction of sp³-hybridized carbons (Fsp3) is 0.176. The third kappa shape index (κ3) is 3.23. The maximum Gasteiger partial charge on any atom is 0.0522 e. The zero-order valence-electron chi connectivity index (χ0n) is 22.3. The molecule has 186 valence electrons. The monoisotopic (exact) mass is 494 g/mol. The molecule has 0 atom stereocenters. The molecule has 0 saturated heterocycles. The molecule has 7 rings (SSSR count). The molecule has 0 unspecified atom stereocenters. The molecule has 3 aromatic carbocycles. The first-order valence-electron chi connectivity index (χ1n) is 13.4. The molecule has 0 radical (unpaired) electrons. The molecular formula is C34H30N4. The van der Waals surface area contributed by atoms with E-state index in [0.717, 1.165) is 13.1 Å². The molecule has 0 N–H and O–H groups in total. The van der Waals surface area contributed by atoms with Crippen molar-refractivity contribution < 1.29 is 0 Å². The number of benzene rings is 3. The Labute approximate surface area is 222 Å². The molecule has 0 aliphatic carbocycles. The Balaban J connectivity index is 1.37. The summed E-state index contributed by atoms with van der Waals surface area (Å²) in [5.41, 5.74) is 12.6. The van der Waals surface area contributed by atoms with Gasteiger partial charge in [0, 0.05) is 70.5 Å². The molecule has 4 nitrogen and oxygen atoms in total. The van der Waals surface area contributed by atoms with Gasteiger partial charge in [0.25, 0.3) is 0 Å². The van der Waals surface area contributed by atoms with Gasteiger partial charge in [-0.3, -0.25) is 9.97 Å². The second-order valence-corrected chi connectivity index (χ2v) is 10.2. The first kappa shape index (κ1) is 22.7. The molecule has 0 fully saturated rings. The molecule has 4 aromatic heterocycles. The van der Waals surface area contributed by atoms with Crippen molar-refractivity contribution in [3.63, 3.8) is 0 Å². The number of aryl methyl sites for hydroxylation is 4. The summed E-state index contributed by atoms with van der Waals surface area (Å²) >= 11 is 0. The summed E-state index contributed by atoms with van der Waals surface area (Å²) in [5, 5.41) is 4.96. The van der Waals surface area contributed by atoms with Crippen LogP contribution in [0, 0.1) is 13.8 Å². The molecule has 0 bridgehead atoms. The van der Waals surface area contributed by atoms with E-state index in [-0.39, 0.29) is 0 Å². The van der Waals surface area contributed by atoms with Crippen LogP contribution in [0.1, 0.15) is 25.0 Å². The number of fused-ring (bicyclic) bond motifs is 6. The summed E-state index contributed by atoms with van der Waals surface area (Å²) < 4.78 is 4.75. The fourth-order valence-electron chi connectivity index (χ4n) is 6.35. The molecule has 38 heavy (non-hydrogen) atoms. The number of nitrogens with zero attached hydrogens (tertiary/aromatic N) is 4. The van der Waals surface area contributed by atoms with E-state index in [1.165, 1.54) is 77.0 Å². The van der Waals surface area contributed by atoms with E-state index in [0.29, 0.717) is 0 Å². The highest BCUT2D eigenvalue weighted by Crippen LogP contribution is 2.38. The fourth-order valence-corrected chi connectivity index (χ4v) is 6.35. The van der Waals surface area contributed by atoms with Crippen molar-refractivity contribution in [1.29, 1.82) is 0 Å². The van der Waals surface area contributed by atoms with Crippen LogP contribution in [0.15, 0.2) is 85.5 Å². The van der Waals surface area contributed by atoms with Gasteiger partial charge in [-0.05, 0) is 97.5 Å². The topological polar surface area (TPSA) is 35.6 Å². The van der Waals surface area contributed by atoms with E-state index in [4.69, 9.17) is 0 Å². The molecule has 0 aliphatic rings. The third-order valence-electron chi connectivity index (χ3n) is 8.16. The first-order chi connectivity index (χ1) is 18.6. The van der Waals surface area contributed by atoms with E-state index in [1.54, 1.807) is 0 Å². The second-order valence-electron chi connectivity index (χ2n) is 10.2. The molecule has 4 heteroatoms. The zero-order valence-corrected chi connectivity index (χ0v) is 22.3. The lowest BCUT2D eigenvalue weighted by atomic mass is 9.91. The number of pyridine rings is 2. The van der Waals surface area contributed by atoms with Crippen molar-refractivity contribution in [2.24, 2.45) is 0 Å². The summed E-state index contributed by atoms with van der Waals surface area (Å²) in [6.07, 6.45) is 7.76. The van der Waals surface area contributed by atoms with Gasteiger partial charge in [0.1, 0.15) is 0 Å². The van der Waals surface area contributed by atoms with Gasteiger partial charge >= 0.3 is 0 Å². The van der Waals surface area contributed by atoms with Gasteiger partial charge in [0.15, 0.2) is 0 Å². The lowest BCUT2D eigenvalue weighted by Crippen LogP contribution is -1.94. The van der Waals surface area contributed by atoms with Crippen molar-refractivity contribution in [3.8, 4) is 22.3 Å². The minimum absolute atomic E-state index is 0.938. The Hall–Kier alpha value is -4.44. The summed E-state index contributed by atoms with van der Waals surface area (Å²) in [4.78, 5) is 8.84. The Kier molecular flexibility index (Phi) is 5.12. The normalized spacial score (nSPS) is 11.9. The van der Waals surface area contributed by atoms with Crippen molar-refractivity contribution in [3.05, 3.63) is 96.6 Å². The van der Waals surface area contributed by atoms with Gasteiger partial charge < -0.3 is 9.13 Å². The molecule has 7 aromatic rings. The summed E-state index contributed by atoms with van der Waals surface area (Å²) in [6, 6.07) is 22.7. The molecule has 0 aliphatic heterocycles. The molecule has 0 spiro atoms. The third-order valence-corrected chi connectivity index (χ3v) is 8.16. The van der Waals surface area contributed by atoms with Crippen molar-refractivity contribution in [2.75, 3.05) is 0 Å². The van der Waals surface area contributed by atoms with Crippen molar-refractivity contribution >= 4 is 43.6 Å². The number of hydrogen-bond acceptors (Lipinski definition) is 2. The van der Waals surface area contributed by atoms with E-state index in [2.05, 4.69) is 107 Å². The summed E-state index contributed by atoms with van der Waals surface area (Å²) in [6.45, 7) is 10.7. The Morgan fingerprint density at radius 1 is 0.526 bits per heavy atom. The van der Waals surface area contributed by atoms with Crippen LogP contribution in [0.25, 0.3) is 65.9 Å². The van der Waals surface area contributed by atoms with E-state index < -0.39 is 0 Å². The summed E-state index contributed by atoms with van der Waals surface area (Å²) in [7, 11) is 0. The van der Waals surface area contributed by atoms with E-state index >= 15 is 0 Å². The predicted molar refractivity (Wildman–Crippen MR) is 160 cm³/mol. The van der Waals surface area contributed by atoms with Gasteiger partial charge in [-0.15, -0.1) is 0 Å². The highest BCUT2D eigenvalue weighted by molar-refractivity contribution is 6.10. The highest BCUT2D eigenvalue weighted by atomic mass is 15.0. The first-order valence-corrected chi connectivity index (χ1v) is 13.4. The second kappa shape index (κ2) is 8.56. The van der Waals surface area contributed by atoms with Crippen LogP contribution in [-0.2, 0) is 13.1 Å². The van der Waals surface area contributed by atoms with E-state index in [9.17, 15) is 0 Å². The quantitative estimate of drug-likeness (QED) is 0.245. The number of hydrogen-bond donors (Lipinski definition) is 0. The van der Waals surface area contributed by atoms with Crippen LogP contribution in [0.4, 0.5) is 0 Å². The van der Waals surface area contributed by atoms with Gasteiger partial charge in [0.2, 0.25) is 0 Å². The minimum Gasteiger partial charge on any atom is -0.341 e. The van der Waals surface area contributed by atoms with E-state index in [1.807, 2.05) is 24.8 Å². The lowest BCUT2D eigenvalue weighted by Gasteiger charge is -2.14. The maximum atomic E-state index is 4.42. The van der Waals surface area contributed by atoms with Crippen LogP contribution in [0.3, 0.4) is 0 Å². The minimum atomic E-state index is 0.938. The molecule has 4 heterocycles. The van der Waals surface area contributed by atoms with Crippen LogP contribution < -0.4 is 0 Å². The maximum absolute atomic E-state index is 4.42. The van der Waals surface area contributed by atoms with Gasteiger partial charge in [-0.25, -0.2) is 0 Å². The molecule has 0 saturated carbocycles. The van der Waals surface area contributed by atoms with Gasteiger partial charge in [-0.1, -0.05) is 24.3 Å². The van der Waals surface area contributed by atoms with Crippen LogP contribution in [-0.4, -0.2) is 19.1 Å². The number of rotatable bonds is 4. The largest absolute Gasteiger partial charge is 0.341 e. The number of aromatic nitrogens is 4. The van der Waals surface area contributed by atoms with Gasteiger partial charge in [0.05, 0.1) is 11.0 Å². The Morgan fingerprint density at radius 2 is 0.947 bits per heavy atom. The SMILES string of the molecule is CCn1c2ccncc2c2cc(-c3cc(C)c(-c4ccc5c(c4)c4cnccc4n5CC)cc3C)ccc21. The van der Waals surface area contributed by atoms with Crippen molar-refractivity contribution in [2.45, 2.75) is 40.8 Å². The van der Waals surface area contributed by atoms with Crippen LogP contribution >= 0.6 is 0 Å². The zero-order chi connectivity index (χ0) is 26.0. The van der Waals surface area contributed by atoms with Crippen LogP contribution in [0.5, 0.6) is 0 Å².